The third kappa shape index (κ3) is 2.96. The van der Waals surface area contributed by atoms with Crippen molar-refractivity contribution < 1.29 is 4.39 Å². The maximum Gasteiger partial charge on any atom is 0.124 e. The fourth-order valence-electron chi connectivity index (χ4n) is 2.13. The Hall–Kier alpha value is -0.600. The minimum absolute atomic E-state index is 0.227. The SMILES string of the molecule is CCCNCC1CC1c1cc(F)cc(Cl)c1. The summed E-state index contributed by atoms with van der Waals surface area (Å²) in [7, 11) is 0. The lowest BCUT2D eigenvalue weighted by Gasteiger charge is -2.03. The molecule has 0 amide bonds. The van der Waals surface area contributed by atoms with Crippen molar-refractivity contribution in [3.8, 4) is 0 Å². The van der Waals surface area contributed by atoms with Crippen LogP contribution in [-0.4, -0.2) is 13.1 Å². The molecule has 0 aliphatic heterocycles. The van der Waals surface area contributed by atoms with Crippen LogP contribution in [0.5, 0.6) is 0 Å². The summed E-state index contributed by atoms with van der Waals surface area (Å²) >= 11 is 5.84. The number of nitrogens with one attached hydrogen (secondary N) is 1. The molecule has 1 saturated carbocycles. The van der Waals surface area contributed by atoms with Gasteiger partial charge in [0, 0.05) is 5.02 Å². The van der Waals surface area contributed by atoms with Crippen LogP contribution in [-0.2, 0) is 0 Å². The molecule has 0 saturated heterocycles. The van der Waals surface area contributed by atoms with E-state index in [1.807, 2.05) is 6.07 Å². The van der Waals surface area contributed by atoms with Crippen LogP contribution >= 0.6 is 11.6 Å². The molecule has 16 heavy (non-hydrogen) atoms. The predicted octanol–water partition coefficient (Wildman–Crippen LogP) is 3.58. The average Bonchev–Trinajstić information content (AvgIpc) is 2.96. The van der Waals surface area contributed by atoms with Gasteiger partial charge >= 0.3 is 0 Å². The van der Waals surface area contributed by atoms with Gasteiger partial charge in [0.15, 0.2) is 0 Å². The van der Waals surface area contributed by atoms with Gasteiger partial charge in [0.25, 0.3) is 0 Å². The fraction of sp³-hybridized carbons (Fsp3) is 0.538. The summed E-state index contributed by atoms with van der Waals surface area (Å²) in [6.45, 7) is 4.25. The largest absolute Gasteiger partial charge is 0.316 e. The van der Waals surface area contributed by atoms with Gasteiger partial charge in [-0.2, -0.15) is 0 Å². The molecule has 1 aromatic carbocycles. The van der Waals surface area contributed by atoms with E-state index in [0.29, 0.717) is 16.9 Å². The molecule has 2 atom stereocenters. The first-order chi connectivity index (χ1) is 7.70. The van der Waals surface area contributed by atoms with Gasteiger partial charge in [0.1, 0.15) is 5.82 Å². The number of hydrogen-bond donors (Lipinski definition) is 1. The van der Waals surface area contributed by atoms with Crippen LogP contribution in [0.2, 0.25) is 5.02 Å². The molecule has 1 aromatic rings. The van der Waals surface area contributed by atoms with Gasteiger partial charge in [-0.3, -0.25) is 0 Å². The Morgan fingerprint density at radius 3 is 2.94 bits per heavy atom. The van der Waals surface area contributed by atoms with Crippen LogP contribution in [0.1, 0.15) is 31.2 Å². The lowest BCUT2D eigenvalue weighted by atomic mass is 10.1. The first-order valence-electron chi connectivity index (χ1n) is 5.87. The van der Waals surface area contributed by atoms with Crippen molar-refractivity contribution in [3.05, 3.63) is 34.6 Å². The second-order valence-corrected chi connectivity index (χ2v) is 4.95. The molecule has 0 spiro atoms. The number of halogens is 2. The van der Waals surface area contributed by atoms with Crippen molar-refractivity contribution in [1.82, 2.24) is 5.32 Å². The Kier molecular flexibility index (Phi) is 3.82. The first kappa shape index (κ1) is 11.9. The number of hydrogen-bond acceptors (Lipinski definition) is 1. The van der Waals surface area contributed by atoms with E-state index >= 15 is 0 Å². The zero-order valence-electron chi connectivity index (χ0n) is 9.47. The van der Waals surface area contributed by atoms with Crippen LogP contribution in [0, 0.1) is 11.7 Å². The Labute approximate surface area is 101 Å². The van der Waals surface area contributed by atoms with E-state index in [2.05, 4.69) is 12.2 Å². The molecule has 0 bridgehead atoms. The topological polar surface area (TPSA) is 12.0 Å². The third-order valence-corrected chi connectivity index (χ3v) is 3.29. The van der Waals surface area contributed by atoms with Crippen LogP contribution in [0.3, 0.4) is 0 Å². The zero-order chi connectivity index (χ0) is 11.5. The van der Waals surface area contributed by atoms with Gasteiger partial charge in [0.05, 0.1) is 0 Å². The fourth-order valence-corrected chi connectivity index (χ4v) is 2.37. The van der Waals surface area contributed by atoms with E-state index < -0.39 is 0 Å². The molecule has 2 rings (SSSR count). The maximum atomic E-state index is 13.1. The Morgan fingerprint density at radius 1 is 1.44 bits per heavy atom. The molecule has 3 heteroatoms. The van der Waals surface area contributed by atoms with Gasteiger partial charge in [0.2, 0.25) is 0 Å². The minimum atomic E-state index is -0.227. The number of rotatable bonds is 5. The first-order valence-corrected chi connectivity index (χ1v) is 6.25. The van der Waals surface area contributed by atoms with Crippen molar-refractivity contribution in [1.29, 1.82) is 0 Å². The summed E-state index contributed by atoms with van der Waals surface area (Å²) in [4.78, 5) is 0. The lowest BCUT2D eigenvalue weighted by Crippen LogP contribution is -2.17. The van der Waals surface area contributed by atoms with Crippen molar-refractivity contribution in [2.75, 3.05) is 13.1 Å². The summed E-state index contributed by atoms with van der Waals surface area (Å²) in [5.41, 5.74) is 1.05. The summed E-state index contributed by atoms with van der Waals surface area (Å²) in [6, 6.07) is 4.85. The van der Waals surface area contributed by atoms with E-state index in [1.165, 1.54) is 6.07 Å². The van der Waals surface area contributed by atoms with Gasteiger partial charge in [-0.1, -0.05) is 18.5 Å². The normalized spacial score (nSPS) is 23.4. The molecule has 88 valence electrons. The van der Waals surface area contributed by atoms with Gasteiger partial charge in [-0.15, -0.1) is 0 Å². The second-order valence-electron chi connectivity index (χ2n) is 4.51. The van der Waals surface area contributed by atoms with Crippen LogP contribution < -0.4 is 5.32 Å². The van der Waals surface area contributed by atoms with Gasteiger partial charge in [-0.25, -0.2) is 4.39 Å². The molecule has 2 unspecified atom stereocenters. The van der Waals surface area contributed by atoms with E-state index in [1.54, 1.807) is 6.07 Å². The molecule has 1 nitrogen and oxygen atoms in total. The molecule has 0 radical (unpaired) electrons. The van der Waals surface area contributed by atoms with E-state index in [-0.39, 0.29) is 5.82 Å². The summed E-state index contributed by atoms with van der Waals surface area (Å²) in [5.74, 6) is 0.927. The third-order valence-electron chi connectivity index (χ3n) is 3.07. The van der Waals surface area contributed by atoms with Crippen LogP contribution in [0.25, 0.3) is 0 Å². The molecule has 1 N–H and O–H groups in total. The van der Waals surface area contributed by atoms with Crippen LogP contribution in [0.4, 0.5) is 4.39 Å². The average molecular weight is 242 g/mol. The van der Waals surface area contributed by atoms with E-state index in [4.69, 9.17) is 11.6 Å². The standard InChI is InChI=1S/C13H17ClFN/c1-2-3-16-8-10-6-13(10)9-4-11(14)7-12(15)5-9/h4-5,7,10,13,16H,2-3,6,8H2,1H3. The van der Waals surface area contributed by atoms with Gasteiger partial charge in [-0.05, 0) is 61.5 Å². The summed E-state index contributed by atoms with van der Waals surface area (Å²) in [6.07, 6.45) is 2.31. The maximum absolute atomic E-state index is 13.1. The smallest absolute Gasteiger partial charge is 0.124 e. The minimum Gasteiger partial charge on any atom is -0.316 e. The Balaban J connectivity index is 1.90. The highest BCUT2D eigenvalue weighted by Crippen LogP contribution is 2.47. The van der Waals surface area contributed by atoms with Crippen molar-refractivity contribution in [2.45, 2.75) is 25.7 Å². The lowest BCUT2D eigenvalue weighted by molar-refractivity contribution is 0.613. The highest BCUT2D eigenvalue weighted by Gasteiger charge is 2.37. The zero-order valence-corrected chi connectivity index (χ0v) is 10.2. The highest BCUT2D eigenvalue weighted by atomic mass is 35.5. The Bertz CT molecular complexity index is 347. The summed E-state index contributed by atoms with van der Waals surface area (Å²) < 4.78 is 13.1. The quantitative estimate of drug-likeness (QED) is 0.777. The molecular weight excluding hydrogens is 225 g/mol. The highest BCUT2D eigenvalue weighted by molar-refractivity contribution is 6.30. The Morgan fingerprint density at radius 2 is 2.25 bits per heavy atom. The van der Waals surface area contributed by atoms with Gasteiger partial charge < -0.3 is 5.32 Å². The monoisotopic (exact) mass is 241 g/mol. The molecule has 1 fully saturated rings. The van der Waals surface area contributed by atoms with E-state index in [0.717, 1.165) is 31.5 Å². The van der Waals surface area contributed by atoms with Crippen molar-refractivity contribution in [3.63, 3.8) is 0 Å². The molecule has 1 aliphatic carbocycles. The molecule has 0 heterocycles. The second kappa shape index (κ2) is 5.15. The molecule has 0 aromatic heterocycles. The molecule has 1 aliphatic rings. The summed E-state index contributed by atoms with van der Waals surface area (Å²) in [5, 5.41) is 3.90. The van der Waals surface area contributed by atoms with E-state index in [9.17, 15) is 4.39 Å². The van der Waals surface area contributed by atoms with Crippen molar-refractivity contribution in [2.24, 2.45) is 5.92 Å². The van der Waals surface area contributed by atoms with Crippen LogP contribution in [0.15, 0.2) is 18.2 Å². The van der Waals surface area contributed by atoms with Crippen molar-refractivity contribution >= 4 is 11.6 Å². The molecular formula is C13H17ClFN. The number of benzene rings is 1. The predicted molar refractivity (Wildman–Crippen MR) is 65.4 cm³/mol.